The first-order valence-electron chi connectivity index (χ1n) is 11.1. The van der Waals surface area contributed by atoms with Crippen molar-refractivity contribution in [3.63, 3.8) is 0 Å². The highest BCUT2D eigenvalue weighted by atomic mass is 16.1. The van der Waals surface area contributed by atoms with Crippen molar-refractivity contribution in [2.24, 2.45) is 5.92 Å². The molecule has 3 heterocycles. The molecule has 0 radical (unpaired) electrons. The summed E-state index contributed by atoms with van der Waals surface area (Å²) in [5.41, 5.74) is 0.102. The molecular formula is C21H33N5O. The molecule has 0 unspecified atom stereocenters. The lowest BCUT2D eigenvalue weighted by Crippen LogP contribution is -2.64. The van der Waals surface area contributed by atoms with Crippen molar-refractivity contribution in [1.82, 2.24) is 19.4 Å². The van der Waals surface area contributed by atoms with Gasteiger partial charge in [-0.15, -0.1) is 0 Å². The van der Waals surface area contributed by atoms with E-state index in [-0.39, 0.29) is 5.56 Å². The van der Waals surface area contributed by atoms with Crippen LogP contribution >= 0.6 is 0 Å². The predicted octanol–water partition coefficient (Wildman–Crippen LogP) is 1.79. The third-order valence-corrected chi connectivity index (χ3v) is 7.17. The first-order valence-corrected chi connectivity index (χ1v) is 11.1. The molecule has 148 valence electrons. The van der Waals surface area contributed by atoms with E-state index in [0.29, 0.717) is 17.8 Å². The Balaban J connectivity index is 1.13. The molecule has 0 aromatic carbocycles. The van der Waals surface area contributed by atoms with Crippen LogP contribution < -0.4 is 10.5 Å². The Hall–Kier alpha value is -1.40. The Kier molecular flexibility index (Phi) is 4.94. The molecular weight excluding hydrogens is 338 g/mol. The van der Waals surface area contributed by atoms with Crippen LogP contribution in [-0.2, 0) is 6.54 Å². The number of nitrogens with zero attached hydrogens (tertiary/aromatic N) is 5. The van der Waals surface area contributed by atoms with Crippen LogP contribution in [0.25, 0.3) is 0 Å². The smallest absolute Gasteiger partial charge is 0.293 e. The minimum atomic E-state index is 0.102. The third-order valence-electron chi connectivity index (χ3n) is 7.17. The Morgan fingerprint density at radius 2 is 1.56 bits per heavy atom. The monoisotopic (exact) mass is 371 g/mol. The molecule has 0 spiro atoms. The van der Waals surface area contributed by atoms with E-state index in [4.69, 9.17) is 0 Å². The van der Waals surface area contributed by atoms with E-state index in [0.717, 1.165) is 25.7 Å². The third kappa shape index (κ3) is 3.79. The van der Waals surface area contributed by atoms with Gasteiger partial charge in [0.15, 0.2) is 5.82 Å². The summed E-state index contributed by atoms with van der Waals surface area (Å²) in [5, 5.41) is 0. The molecule has 2 aliphatic heterocycles. The summed E-state index contributed by atoms with van der Waals surface area (Å²) in [7, 11) is 0. The van der Waals surface area contributed by atoms with Crippen LogP contribution in [0.3, 0.4) is 0 Å². The predicted molar refractivity (Wildman–Crippen MR) is 107 cm³/mol. The highest BCUT2D eigenvalue weighted by Gasteiger charge is 2.36. The maximum atomic E-state index is 12.7. The lowest BCUT2D eigenvalue weighted by Gasteiger charge is -2.49. The van der Waals surface area contributed by atoms with Crippen LogP contribution in [0.1, 0.15) is 44.9 Å². The van der Waals surface area contributed by atoms with Crippen molar-refractivity contribution >= 4 is 5.82 Å². The zero-order chi connectivity index (χ0) is 18.2. The first-order chi connectivity index (χ1) is 13.3. The fourth-order valence-corrected chi connectivity index (χ4v) is 5.15. The van der Waals surface area contributed by atoms with Crippen LogP contribution in [-0.4, -0.2) is 70.7 Å². The summed E-state index contributed by atoms with van der Waals surface area (Å²) in [6.07, 6.45) is 13.3. The van der Waals surface area contributed by atoms with Gasteiger partial charge in [-0.1, -0.05) is 19.3 Å². The molecule has 2 saturated carbocycles. The standard InChI is InChI=1S/C21H33N5O/c27-21-20(22-8-9-25(21)14-17-6-7-17)26-15-19(16-26)24-12-10-23(11-13-24)18-4-2-1-3-5-18/h8-9,17-19H,1-7,10-16H2. The van der Waals surface area contributed by atoms with Gasteiger partial charge in [-0.05, 0) is 31.6 Å². The van der Waals surface area contributed by atoms with Crippen molar-refractivity contribution in [3.8, 4) is 0 Å². The topological polar surface area (TPSA) is 44.6 Å². The van der Waals surface area contributed by atoms with E-state index in [1.54, 1.807) is 6.20 Å². The Morgan fingerprint density at radius 1 is 0.889 bits per heavy atom. The van der Waals surface area contributed by atoms with Gasteiger partial charge < -0.3 is 9.47 Å². The summed E-state index contributed by atoms with van der Waals surface area (Å²) in [6.45, 7) is 7.59. The zero-order valence-electron chi connectivity index (χ0n) is 16.4. The van der Waals surface area contributed by atoms with Gasteiger partial charge in [-0.2, -0.15) is 0 Å². The van der Waals surface area contributed by atoms with Gasteiger partial charge in [0.2, 0.25) is 0 Å². The molecule has 0 N–H and O–H groups in total. The summed E-state index contributed by atoms with van der Waals surface area (Å²) in [6, 6.07) is 1.44. The van der Waals surface area contributed by atoms with Gasteiger partial charge in [0, 0.05) is 70.3 Å². The van der Waals surface area contributed by atoms with E-state index in [2.05, 4.69) is 19.7 Å². The molecule has 1 aromatic rings. The van der Waals surface area contributed by atoms with Crippen molar-refractivity contribution in [2.45, 2.75) is 63.6 Å². The summed E-state index contributed by atoms with van der Waals surface area (Å²) >= 11 is 0. The normalized spacial score (nSPS) is 26.3. The molecule has 4 aliphatic rings. The number of anilines is 1. The minimum absolute atomic E-state index is 0.102. The Bertz CT molecular complexity index is 695. The van der Waals surface area contributed by atoms with Crippen molar-refractivity contribution in [3.05, 3.63) is 22.7 Å². The average molecular weight is 372 g/mol. The molecule has 6 nitrogen and oxygen atoms in total. The van der Waals surface area contributed by atoms with E-state index in [1.165, 1.54) is 71.1 Å². The quantitative estimate of drug-likeness (QED) is 0.790. The molecule has 2 aliphatic carbocycles. The first kappa shape index (κ1) is 17.7. The summed E-state index contributed by atoms with van der Waals surface area (Å²) < 4.78 is 1.87. The SMILES string of the molecule is O=c1c(N2CC(N3CCN(C4CCCCC4)CC3)C2)nccn1CC1CC1. The lowest BCUT2D eigenvalue weighted by molar-refractivity contribution is 0.0486. The number of hydrogen-bond acceptors (Lipinski definition) is 5. The molecule has 4 fully saturated rings. The van der Waals surface area contributed by atoms with E-state index in [9.17, 15) is 4.79 Å². The van der Waals surface area contributed by atoms with Gasteiger partial charge in [0.05, 0.1) is 0 Å². The van der Waals surface area contributed by atoms with E-state index in [1.807, 2.05) is 10.8 Å². The molecule has 5 rings (SSSR count). The molecule has 6 heteroatoms. The number of aromatic nitrogens is 2. The van der Waals surface area contributed by atoms with Crippen LogP contribution in [0, 0.1) is 5.92 Å². The van der Waals surface area contributed by atoms with Crippen LogP contribution in [0.4, 0.5) is 5.82 Å². The second-order valence-electron chi connectivity index (χ2n) is 9.07. The van der Waals surface area contributed by atoms with Crippen LogP contribution in [0.5, 0.6) is 0 Å². The second-order valence-corrected chi connectivity index (χ2v) is 9.07. The number of piperazine rings is 1. The van der Waals surface area contributed by atoms with Crippen molar-refractivity contribution in [2.75, 3.05) is 44.2 Å². The van der Waals surface area contributed by atoms with E-state index < -0.39 is 0 Å². The van der Waals surface area contributed by atoms with Crippen LogP contribution in [0.15, 0.2) is 17.2 Å². The zero-order valence-corrected chi connectivity index (χ0v) is 16.4. The molecule has 27 heavy (non-hydrogen) atoms. The summed E-state index contributed by atoms with van der Waals surface area (Å²) in [5.74, 6) is 1.37. The van der Waals surface area contributed by atoms with Gasteiger partial charge >= 0.3 is 0 Å². The summed E-state index contributed by atoms with van der Waals surface area (Å²) in [4.78, 5) is 24.7. The molecule has 2 saturated heterocycles. The Labute approximate surface area is 162 Å². The Morgan fingerprint density at radius 3 is 2.22 bits per heavy atom. The fourth-order valence-electron chi connectivity index (χ4n) is 5.15. The molecule has 1 aromatic heterocycles. The van der Waals surface area contributed by atoms with Crippen molar-refractivity contribution < 1.29 is 0 Å². The van der Waals surface area contributed by atoms with Gasteiger partial charge in [0.25, 0.3) is 5.56 Å². The molecule has 0 amide bonds. The minimum Gasteiger partial charge on any atom is -0.349 e. The molecule has 0 atom stereocenters. The molecule has 0 bridgehead atoms. The highest BCUT2D eigenvalue weighted by molar-refractivity contribution is 5.40. The highest BCUT2D eigenvalue weighted by Crippen LogP contribution is 2.30. The largest absolute Gasteiger partial charge is 0.349 e. The maximum Gasteiger partial charge on any atom is 0.293 e. The van der Waals surface area contributed by atoms with Crippen LogP contribution in [0.2, 0.25) is 0 Å². The van der Waals surface area contributed by atoms with Gasteiger partial charge in [0.1, 0.15) is 0 Å². The maximum absolute atomic E-state index is 12.7. The second kappa shape index (κ2) is 7.55. The number of rotatable bonds is 5. The fraction of sp³-hybridized carbons (Fsp3) is 0.810. The van der Waals surface area contributed by atoms with Crippen molar-refractivity contribution in [1.29, 1.82) is 0 Å². The van der Waals surface area contributed by atoms with Gasteiger partial charge in [-0.25, -0.2) is 4.98 Å². The van der Waals surface area contributed by atoms with Gasteiger partial charge in [-0.3, -0.25) is 14.6 Å². The average Bonchev–Trinajstić information content (AvgIpc) is 3.49. The number of hydrogen-bond donors (Lipinski definition) is 0. The lowest BCUT2D eigenvalue weighted by atomic mass is 9.93. The van der Waals surface area contributed by atoms with E-state index >= 15 is 0 Å².